The first kappa shape index (κ1) is 20.0. The molecule has 9 heteroatoms. The number of aromatic amines is 1. The van der Waals surface area contributed by atoms with Crippen LogP contribution < -0.4 is 10.2 Å². The number of carbonyl (C=O) groups is 1. The van der Waals surface area contributed by atoms with Gasteiger partial charge in [0, 0.05) is 49.9 Å². The zero-order valence-corrected chi connectivity index (χ0v) is 18.8. The van der Waals surface area contributed by atoms with Gasteiger partial charge in [0.05, 0.1) is 11.9 Å². The number of hydrogen-bond donors (Lipinski definition) is 2. The third-order valence-corrected chi connectivity index (χ3v) is 7.38. The number of piperazine rings is 1. The van der Waals surface area contributed by atoms with Crippen molar-refractivity contribution in [2.45, 2.75) is 56.9 Å². The fraction of sp³-hybridized carbons (Fsp3) is 0.652. The van der Waals surface area contributed by atoms with E-state index >= 15 is 0 Å². The number of rotatable bonds is 5. The van der Waals surface area contributed by atoms with Gasteiger partial charge in [-0.1, -0.05) is 0 Å². The average molecular weight is 437 g/mol. The summed E-state index contributed by atoms with van der Waals surface area (Å²) in [6.07, 6.45) is 9.34. The Kier molecular flexibility index (Phi) is 5.01. The Morgan fingerprint density at radius 3 is 2.72 bits per heavy atom. The summed E-state index contributed by atoms with van der Waals surface area (Å²) in [5.41, 5.74) is 3.51. The number of aromatic nitrogens is 4. The van der Waals surface area contributed by atoms with Gasteiger partial charge in [-0.2, -0.15) is 4.98 Å². The van der Waals surface area contributed by atoms with Gasteiger partial charge in [-0.25, -0.2) is 9.97 Å². The Bertz CT molecular complexity index is 1010. The third kappa shape index (κ3) is 3.72. The molecule has 1 saturated carbocycles. The van der Waals surface area contributed by atoms with Crippen LogP contribution in [0, 0.1) is 0 Å². The van der Waals surface area contributed by atoms with Crippen molar-refractivity contribution < 1.29 is 4.79 Å². The molecule has 2 saturated heterocycles. The van der Waals surface area contributed by atoms with Gasteiger partial charge in [-0.15, -0.1) is 0 Å². The van der Waals surface area contributed by atoms with Crippen LogP contribution in [0.3, 0.4) is 0 Å². The van der Waals surface area contributed by atoms with Crippen LogP contribution in [0.4, 0.5) is 17.7 Å². The number of nitrogens with one attached hydrogen (secondary N) is 2. The number of H-pyrrole nitrogens is 1. The van der Waals surface area contributed by atoms with Crippen molar-refractivity contribution in [2.24, 2.45) is 0 Å². The lowest BCUT2D eigenvalue weighted by Crippen LogP contribution is -2.53. The second-order valence-corrected chi connectivity index (χ2v) is 9.72. The van der Waals surface area contributed by atoms with E-state index < -0.39 is 0 Å². The topological polar surface area (TPSA) is 93.3 Å². The van der Waals surface area contributed by atoms with E-state index in [4.69, 9.17) is 9.97 Å². The van der Waals surface area contributed by atoms with Crippen LogP contribution in [0.25, 0.3) is 0 Å². The van der Waals surface area contributed by atoms with Crippen LogP contribution in [0.1, 0.15) is 55.0 Å². The monoisotopic (exact) mass is 436 g/mol. The number of anilines is 3. The van der Waals surface area contributed by atoms with E-state index in [0.717, 1.165) is 82.3 Å². The van der Waals surface area contributed by atoms with Crippen LogP contribution in [0.15, 0.2) is 6.20 Å². The summed E-state index contributed by atoms with van der Waals surface area (Å²) >= 11 is 0. The van der Waals surface area contributed by atoms with Gasteiger partial charge in [-0.05, 0) is 52.0 Å². The molecule has 1 atom stereocenters. The molecule has 0 aromatic carbocycles. The predicted octanol–water partition coefficient (Wildman–Crippen LogP) is 2.05. The van der Waals surface area contributed by atoms with Gasteiger partial charge in [-0.3, -0.25) is 4.79 Å². The number of carbonyl (C=O) groups excluding carboxylic acids is 1. The highest BCUT2D eigenvalue weighted by Gasteiger charge is 2.37. The number of aryl methyl sites for hydroxylation is 1. The first-order chi connectivity index (χ1) is 15.7. The molecule has 1 amide bonds. The highest BCUT2D eigenvalue weighted by atomic mass is 16.2. The molecule has 4 heterocycles. The highest BCUT2D eigenvalue weighted by Crippen LogP contribution is 2.39. The van der Waals surface area contributed by atoms with Crippen molar-refractivity contribution in [2.75, 3.05) is 50.0 Å². The molecule has 0 radical (unpaired) electrons. The SMILES string of the molecule is CN1CCN(C(=O)C2CCCN2c2nc3c(c(Nc4ncc(C5CC5)[nH]4)n2)CCC3)CC1. The lowest BCUT2D eigenvalue weighted by atomic mass is 10.1. The van der Waals surface area contributed by atoms with Gasteiger partial charge < -0.3 is 25.0 Å². The summed E-state index contributed by atoms with van der Waals surface area (Å²) in [6.45, 7) is 4.31. The molecule has 0 bridgehead atoms. The minimum absolute atomic E-state index is 0.157. The molecule has 4 aliphatic rings. The molecule has 2 aromatic rings. The quantitative estimate of drug-likeness (QED) is 0.741. The summed E-state index contributed by atoms with van der Waals surface area (Å²) in [5, 5.41) is 3.44. The summed E-state index contributed by atoms with van der Waals surface area (Å²) in [6, 6.07) is -0.157. The number of nitrogens with zero attached hydrogens (tertiary/aromatic N) is 6. The fourth-order valence-corrected chi connectivity index (χ4v) is 5.26. The van der Waals surface area contributed by atoms with Crippen LogP contribution >= 0.6 is 0 Å². The van der Waals surface area contributed by atoms with Gasteiger partial charge >= 0.3 is 0 Å². The third-order valence-electron chi connectivity index (χ3n) is 7.38. The van der Waals surface area contributed by atoms with Crippen molar-refractivity contribution in [3.05, 3.63) is 23.1 Å². The zero-order chi connectivity index (χ0) is 21.7. The summed E-state index contributed by atoms with van der Waals surface area (Å²) in [7, 11) is 2.11. The van der Waals surface area contributed by atoms with E-state index in [2.05, 4.69) is 32.1 Å². The Morgan fingerprint density at radius 2 is 1.91 bits per heavy atom. The second-order valence-electron chi connectivity index (χ2n) is 9.72. The van der Waals surface area contributed by atoms with Crippen molar-refractivity contribution in [3.63, 3.8) is 0 Å². The Morgan fingerprint density at radius 1 is 1.06 bits per heavy atom. The van der Waals surface area contributed by atoms with Crippen molar-refractivity contribution in [1.82, 2.24) is 29.7 Å². The highest BCUT2D eigenvalue weighted by molar-refractivity contribution is 5.85. The number of fused-ring (bicyclic) bond motifs is 1. The minimum atomic E-state index is -0.157. The number of hydrogen-bond acceptors (Lipinski definition) is 7. The summed E-state index contributed by atoms with van der Waals surface area (Å²) in [4.78, 5) is 37.6. The van der Waals surface area contributed by atoms with E-state index in [0.29, 0.717) is 11.9 Å². The lowest BCUT2D eigenvalue weighted by molar-refractivity contribution is -0.134. The summed E-state index contributed by atoms with van der Waals surface area (Å²) < 4.78 is 0. The van der Waals surface area contributed by atoms with Gasteiger partial charge in [0.15, 0.2) is 0 Å². The van der Waals surface area contributed by atoms with E-state index in [1.54, 1.807) is 0 Å². The van der Waals surface area contributed by atoms with E-state index in [1.165, 1.54) is 24.1 Å². The largest absolute Gasteiger partial charge is 0.338 e. The van der Waals surface area contributed by atoms with Crippen LogP contribution in [0.2, 0.25) is 0 Å². The molecule has 1 unspecified atom stereocenters. The smallest absolute Gasteiger partial charge is 0.245 e. The Labute approximate surface area is 188 Å². The molecule has 2 aromatic heterocycles. The van der Waals surface area contributed by atoms with E-state index in [1.807, 2.05) is 11.1 Å². The maximum atomic E-state index is 13.4. The average Bonchev–Trinajstić information content (AvgIpc) is 3.20. The fourth-order valence-electron chi connectivity index (χ4n) is 5.26. The first-order valence-electron chi connectivity index (χ1n) is 12.1. The molecular weight excluding hydrogens is 404 g/mol. The number of likely N-dealkylation sites (N-methyl/N-ethyl adjacent to an activating group) is 1. The minimum Gasteiger partial charge on any atom is -0.338 e. The van der Waals surface area contributed by atoms with Gasteiger partial charge in [0.25, 0.3) is 0 Å². The Balaban J connectivity index is 1.26. The van der Waals surface area contributed by atoms with Gasteiger partial charge in [0.2, 0.25) is 17.8 Å². The summed E-state index contributed by atoms with van der Waals surface area (Å²) in [5.74, 6) is 3.14. The maximum Gasteiger partial charge on any atom is 0.245 e. The van der Waals surface area contributed by atoms with Crippen LogP contribution in [0.5, 0.6) is 0 Å². The van der Waals surface area contributed by atoms with Gasteiger partial charge in [0.1, 0.15) is 11.9 Å². The van der Waals surface area contributed by atoms with Crippen molar-refractivity contribution in [1.29, 1.82) is 0 Å². The molecule has 32 heavy (non-hydrogen) atoms. The molecule has 2 N–H and O–H groups in total. The number of imidazole rings is 1. The van der Waals surface area contributed by atoms with Crippen molar-refractivity contribution in [3.8, 4) is 0 Å². The van der Waals surface area contributed by atoms with E-state index in [9.17, 15) is 4.79 Å². The molecule has 0 spiro atoms. The molecule has 6 rings (SSSR count). The maximum absolute atomic E-state index is 13.4. The predicted molar refractivity (Wildman–Crippen MR) is 122 cm³/mol. The molecule has 9 nitrogen and oxygen atoms in total. The van der Waals surface area contributed by atoms with Crippen LogP contribution in [-0.4, -0.2) is 81.5 Å². The molecule has 2 aliphatic carbocycles. The second kappa shape index (κ2) is 8.03. The molecule has 3 fully saturated rings. The normalized spacial score (nSPS) is 23.6. The first-order valence-corrected chi connectivity index (χ1v) is 12.1. The Hall–Kier alpha value is -2.68. The lowest BCUT2D eigenvalue weighted by Gasteiger charge is -2.36. The standard InChI is InChI=1S/C23H32N8O/c1-29-10-12-30(13-11-29)21(32)19-6-3-9-31(19)23-26-17-5-2-4-16(17)20(28-23)27-22-24-14-18(25-22)15-7-8-15/h14-15,19H,2-13H2,1H3,(H2,24,25,26,27,28). The van der Waals surface area contributed by atoms with Crippen LogP contribution in [-0.2, 0) is 17.6 Å². The van der Waals surface area contributed by atoms with E-state index in [-0.39, 0.29) is 11.9 Å². The molecule has 170 valence electrons. The number of amides is 1. The molecular formula is C23H32N8O. The molecule has 2 aliphatic heterocycles. The van der Waals surface area contributed by atoms with Crippen molar-refractivity contribution >= 4 is 23.6 Å². The zero-order valence-electron chi connectivity index (χ0n) is 18.8.